The number of carboxylic acids is 1. The summed E-state index contributed by atoms with van der Waals surface area (Å²) in [6.45, 7) is -0.492. The lowest BCUT2D eigenvalue weighted by molar-refractivity contribution is -0.672. The van der Waals surface area contributed by atoms with Crippen molar-refractivity contribution in [2.75, 3.05) is 11.9 Å². The first-order chi connectivity index (χ1) is 8.09. The van der Waals surface area contributed by atoms with Gasteiger partial charge in [-0.25, -0.2) is 9.52 Å². The van der Waals surface area contributed by atoms with E-state index in [9.17, 15) is 15.2 Å². The molecule has 1 aromatic heterocycles. The Morgan fingerprint density at radius 3 is 2.65 bits per heavy atom. The van der Waals surface area contributed by atoms with Crippen LogP contribution in [0, 0.1) is 10.4 Å². The van der Waals surface area contributed by atoms with Gasteiger partial charge in [-0.3, -0.25) is 5.32 Å². The second-order valence-electron chi connectivity index (χ2n) is 3.23. The largest absolute Gasteiger partial charge is 0.739 e. The van der Waals surface area contributed by atoms with Crippen LogP contribution in [0.15, 0.2) is 24.3 Å². The molecule has 0 saturated carbocycles. The Hall–Kier alpha value is -2.64. The summed E-state index contributed by atoms with van der Waals surface area (Å²) >= 11 is 0. The molecule has 17 heavy (non-hydrogen) atoms. The van der Waals surface area contributed by atoms with E-state index in [1.807, 2.05) is 0 Å². The van der Waals surface area contributed by atoms with E-state index in [1.54, 1.807) is 12.1 Å². The van der Waals surface area contributed by atoms with E-state index < -0.39 is 12.5 Å². The third-order valence-corrected chi connectivity index (χ3v) is 2.08. The van der Waals surface area contributed by atoms with Crippen LogP contribution in [-0.2, 0) is 4.79 Å². The molecule has 0 aliphatic rings. The van der Waals surface area contributed by atoms with E-state index in [2.05, 4.69) is 10.4 Å². The number of para-hydroxylation sites is 2. The number of hydrogen-bond acceptors (Lipinski definition) is 5. The quantitative estimate of drug-likeness (QED) is 0.521. The van der Waals surface area contributed by atoms with E-state index in [0.717, 1.165) is 0 Å². The lowest BCUT2D eigenvalue weighted by atomic mass is 10.3. The van der Waals surface area contributed by atoms with Gasteiger partial charge in [-0.1, -0.05) is 12.1 Å². The number of fused-ring (bicyclic) bond motifs is 1. The van der Waals surface area contributed by atoms with Gasteiger partial charge in [-0.05, 0) is 6.07 Å². The fourth-order valence-corrected chi connectivity index (χ4v) is 1.35. The molecule has 0 aliphatic heterocycles. The Morgan fingerprint density at radius 2 is 2.00 bits per heavy atom. The van der Waals surface area contributed by atoms with Crippen molar-refractivity contribution in [3.8, 4) is 0 Å². The molecule has 1 aromatic carbocycles. The maximum atomic E-state index is 11.7. The minimum atomic E-state index is -1.16. The summed E-state index contributed by atoms with van der Waals surface area (Å²) < 4.78 is 0.382. The average molecular weight is 236 g/mol. The monoisotopic (exact) mass is 236 g/mol. The summed E-state index contributed by atoms with van der Waals surface area (Å²) in [6, 6.07) is 6.09. The van der Waals surface area contributed by atoms with E-state index in [1.165, 1.54) is 12.1 Å². The molecular formula is C9H8N4O4. The number of hydrogen-bond donors (Lipinski definition) is 2. The molecule has 0 spiro atoms. The molecule has 0 amide bonds. The van der Waals surface area contributed by atoms with Crippen LogP contribution in [0.25, 0.3) is 11.0 Å². The number of carboxylic acid groups (broad SMARTS) is 1. The second-order valence-corrected chi connectivity index (χ2v) is 3.23. The highest BCUT2D eigenvalue weighted by atomic mass is 16.5. The summed E-state index contributed by atoms with van der Waals surface area (Å²) in [5.74, 6) is -1.50. The maximum absolute atomic E-state index is 11.7. The van der Waals surface area contributed by atoms with Crippen LogP contribution in [-0.4, -0.2) is 22.7 Å². The molecule has 88 valence electrons. The molecule has 0 bridgehead atoms. The lowest BCUT2D eigenvalue weighted by Gasteiger charge is -2.08. The zero-order chi connectivity index (χ0) is 12.4. The molecule has 0 radical (unpaired) electrons. The van der Waals surface area contributed by atoms with Gasteiger partial charge in [0.2, 0.25) is 5.10 Å². The van der Waals surface area contributed by atoms with Crippen LogP contribution in [0.1, 0.15) is 0 Å². The zero-order valence-corrected chi connectivity index (χ0v) is 8.53. The van der Waals surface area contributed by atoms with Gasteiger partial charge >= 0.3 is 11.9 Å². The van der Waals surface area contributed by atoms with E-state index in [4.69, 9.17) is 5.11 Å². The first-order valence-corrected chi connectivity index (χ1v) is 4.67. The van der Waals surface area contributed by atoms with Crippen LogP contribution < -0.4 is 14.9 Å². The molecule has 0 unspecified atom stereocenters. The molecular weight excluding hydrogens is 228 g/mol. The minimum Gasteiger partial charge on any atom is -0.739 e. The molecule has 2 N–H and O–H groups in total. The highest BCUT2D eigenvalue weighted by Gasteiger charge is 2.19. The lowest BCUT2D eigenvalue weighted by Crippen LogP contribution is -2.44. The number of carbonyl (C=O) groups is 1. The molecule has 0 aliphatic carbocycles. The van der Waals surface area contributed by atoms with Crippen molar-refractivity contribution < 1.29 is 19.5 Å². The van der Waals surface area contributed by atoms with Crippen LogP contribution in [0.5, 0.6) is 0 Å². The number of nitrogens with one attached hydrogen (secondary N) is 1. The predicted molar refractivity (Wildman–Crippen MR) is 55.8 cm³/mol. The Balaban J connectivity index is 2.51. The predicted octanol–water partition coefficient (Wildman–Crippen LogP) is -1.00. The fourth-order valence-electron chi connectivity index (χ4n) is 1.35. The standard InChI is InChI=1S/C9H8N4O4/c14-8(15)5-10-9-11-13(17)7-4-2-1-3-6(7)12(9)16/h1-4H,5H2,(H,10,11)(H,14,15). The first-order valence-electron chi connectivity index (χ1n) is 4.67. The van der Waals surface area contributed by atoms with Gasteiger partial charge in [0.05, 0.1) is 0 Å². The Kier molecular flexibility index (Phi) is 2.61. The van der Waals surface area contributed by atoms with Crippen molar-refractivity contribution in [3.63, 3.8) is 0 Å². The smallest absolute Gasteiger partial charge is 0.461 e. The second kappa shape index (κ2) is 4.08. The molecule has 8 heteroatoms. The van der Waals surface area contributed by atoms with E-state index in [-0.39, 0.29) is 21.8 Å². The van der Waals surface area contributed by atoms with Crippen molar-refractivity contribution in [2.24, 2.45) is 0 Å². The van der Waals surface area contributed by atoms with Crippen molar-refractivity contribution in [2.45, 2.75) is 0 Å². The molecule has 0 atom stereocenters. The summed E-state index contributed by atoms with van der Waals surface area (Å²) in [4.78, 5) is 10.6. The van der Waals surface area contributed by atoms with Gasteiger partial charge < -0.3 is 15.5 Å². The van der Waals surface area contributed by atoms with Crippen molar-refractivity contribution in [1.29, 1.82) is 0 Å². The first kappa shape index (κ1) is 10.9. The van der Waals surface area contributed by atoms with Gasteiger partial charge in [0.15, 0.2) is 12.1 Å². The number of aromatic nitrogens is 3. The fraction of sp³-hybridized carbons (Fsp3) is 0.111. The maximum Gasteiger partial charge on any atom is 0.461 e. The summed E-state index contributed by atoms with van der Waals surface area (Å²) in [5.41, 5.74) is 0.230. The van der Waals surface area contributed by atoms with Crippen LogP contribution in [0.4, 0.5) is 5.95 Å². The van der Waals surface area contributed by atoms with Crippen LogP contribution in [0.3, 0.4) is 0 Å². The van der Waals surface area contributed by atoms with Gasteiger partial charge in [-0.15, -0.1) is 0 Å². The zero-order valence-electron chi connectivity index (χ0n) is 8.53. The number of benzene rings is 1. The number of anilines is 1. The van der Waals surface area contributed by atoms with E-state index in [0.29, 0.717) is 4.73 Å². The average Bonchev–Trinajstić information content (AvgIpc) is 2.32. The molecule has 2 aromatic rings. The Morgan fingerprint density at radius 1 is 1.35 bits per heavy atom. The highest BCUT2D eigenvalue weighted by Crippen LogP contribution is 2.04. The normalized spacial score (nSPS) is 10.4. The number of aliphatic carboxylic acids is 1. The van der Waals surface area contributed by atoms with Crippen molar-refractivity contribution in [3.05, 3.63) is 34.7 Å². The van der Waals surface area contributed by atoms with Gasteiger partial charge in [0, 0.05) is 10.9 Å². The molecule has 8 nitrogen and oxygen atoms in total. The topological polar surface area (TPSA) is 116 Å². The van der Waals surface area contributed by atoms with Crippen LogP contribution >= 0.6 is 0 Å². The molecule has 0 fully saturated rings. The molecule has 2 rings (SSSR count). The third kappa shape index (κ3) is 2.00. The number of rotatable bonds is 3. The SMILES string of the molecule is O=C(O)CNc1n[n+]([O-])c2ccccc2[n+]1[O-]. The van der Waals surface area contributed by atoms with Gasteiger partial charge in [0.1, 0.15) is 0 Å². The van der Waals surface area contributed by atoms with Crippen LogP contribution in [0.2, 0.25) is 0 Å². The minimum absolute atomic E-state index is 0.114. The van der Waals surface area contributed by atoms with Gasteiger partial charge in [0.25, 0.3) is 5.52 Å². The Labute approximate surface area is 94.9 Å². The van der Waals surface area contributed by atoms with Gasteiger partial charge in [-0.2, -0.15) is 0 Å². The summed E-state index contributed by atoms with van der Waals surface area (Å²) in [7, 11) is 0. The van der Waals surface area contributed by atoms with E-state index >= 15 is 0 Å². The molecule has 0 saturated heterocycles. The summed E-state index contributed by atoms with van der Waals surface area (Å²) in [5, 5.41) is 37.3. The van der Waals surface area contributed by atoms with Crippen molar-refractivity contribution >= 4 is 23.0 Å². The van der Waals surface area contributed by atoms with Crippen molar-refractivity contribution in [1.82, 2.24) is 5.10 Å². The number of nitrogens with zero attached hydrogens (tertiary/aromatic N) is 3. The highest BCUT2D eigenvalue weighted by molar-refractivity contribution is 5.72. The molecule has 1 heterocycles. The summed E-state index contributed by atoms with van der Waals surface area (Å²) in [6.07, 6.45) is 0. The third-order valence-electron chi connectivity index (χ3n) is 2.08. The Bertz CT molecular complexity index is 586.